The van der Waals surface area contributed by atoms with Gasteiger partial charge in [-0.05, 0) is 70.8 Å². The molecule has 12 heteroatoms. The molecular formula is C36H30O12. The van der Waals surface area contributed by atoms with Crippen molar-refractivity contribution in [1.29, 1.82) is 0 Å². The Hall–Kier alpha value is -5.17. The van der Waals surface area contributed by atoms with E-state index in [1.165, 1.54) is 24.3 Å². The Morgan fingerprint density at radius 2 is 1.27 bits per heavy atom. The maximum Gasteiger partial charge on any atom is 0.231 e. The number of carbonyl (C=O) groups is 1. The Morgan fingerprint density at radius 1 is 0.688 bits per heavy atom. The van der Waals surface area contributed by atoms with Crippen LogP contribution < -0.4 is 18.9 Å². The van der Waals surface area contributed by atoms with E-state index in [0.29, 0.717) is 47.3 Å². The van der Waals surface area contributed by atoms with E-state index in [1.807, 2.05) is 24.3 Å². The molecule has 0 radical (unpaired) electrons. The van der Waals surface area contributed by atoms with Crippen molar-refractivity contribution in [3.05, 3.63) is 100 Å². The average molecular weight is 655 g/mol. The first-order valence-electron chi connectivity index (χ1n) is 15.6. The molecule has 0 bridgehead atoms. The number of carbonyl (C=O) groups excluding carboxylic acids is 1. The molecule has 48 heavy (non-hydrogen) atoms. The second kappa shape index (κ2) is 10.7. The van der Waals surface area contributed by atoms with Crippen molar-refractivity contribution < 1.29 is 58.4 Å². The molecule has 4 N–H and O–H groups in total. The predicted molar refractivity (Wildman–Crippen MR) is 165 cm³/mol. The van der Waals surface area contributed by atoms with E-state index in [2.05, 4.69) is 12.1 Å². The van der Waals surface area contributed by atoms with Crippen molar-refractivity contribution in [2.24, 2.45) is 11.8 Å². The lowest BCUT2D eigenvalue weighted by atomic mass is 9.85. The standard InChI is InChI=1S/C20H18O6.C16H12O6/c1-3-15-17(25-9-23-15)5-11(1)19-13-7-22-20(14(13)8-21-19)12-2-4-16-18(6-12)26-10-24-16;17-10-2-1-8-13-9-4-12(19)11(18)3-7(9)5-16(13,21)6-22-15(8)14(10)20/h1-6,13-14,19-20H,7-10H2;1-4,18-21H,5-6H2. The van der Waals surface area contributed by atoms with Crippen LogP contribution in [0.15, 0.2) is 77.8 Å². The van der Waals surface area contributed by atoms with E-state index >= 15 is 0 Å². The highest BCUT2D eigenvalue weighted by Crippen LogP contribution is 2.53. The lowest BCUT2D eigenvalue weighted by Gasteiger charge is -2.33. The summed E-state index contributed by atoms with van der Waals surface area (Å²) in [5, 5.41) is 40.1. The third-order valence-corrected chi connectivity index (χ3v) is 9.95. The molecule has 5 heterocycles. The zero-order chi connectivity index (χ0) is 32.7. The smallest absolute Gasteiger partial charge is 0.231 e. The van der Waals surface area contributed by atoms with E-state index < -0.39 is 17.1 Å². The van der Waals surface area contributed by atoms with Crippen LogP contribution in [0.25, 0.3) is 5.57 Å². The molecular weight excluding hydrogens is 624 g/mol. The highest BCUT2D eigenvalue weighted by molar-refractivity contribution is 6.06. The molecule has 0 saturated carbocycles. The number of hydrogen-bond donors (Lipinski definition) is 4. The predicted octanol–water partition coefficient (Wildman–Crippen LogP) is 4.30. The third-order valence-electron chi connectivity index (χ3n) is 9.95. The average Bonchev–Trinajstić information content (AvgIpc) is 3.91. The largest absolute Gasteiger partial charge is 0.504 e. The molecule has 5 aliphatic heterocycles. The van der Waals surface area contributed by atoms with Gasteiger partial charge in [0.1, 0.15) is 12.2 Å². The first kappa shape index (κ1) is 29.0. The quantitative estimate of drug-likeness (QED) is 0.291. The molecule has 3 aromatic carbocycles. The van der Waals surface area contributed by atoms with Crippen molar-refractivity contribution in [3.63, 3.8) is 0 Å². The van der Waals surface area contributed by atoms with Crippen molar-refractivity contribution in [3.8, 4) is 34.5 Å². The van der Waals surface area contributed by atoms with Gasteiger partial charge in [-0.2, -0.15) is 0 Å². The molecule has 2 fully saturated rings. The summed E-state index contributed by atoms with van der Waals surface area (Å²) in [4.78, 5) is 11.5. The fraction of sp³-hybridized carbons (Fsp3) is 0.306. The van der Waals surface area contributed by atoms with Crippen LogP contribution in [-0.4, -0.2) is 65.2 Å². The van der Waals surface area contributed by atoms with Crippen LogP contribution in [0.2, 0.25) is 0 Å². The summed E-state index contributed by atoms with van der Waals surface area (Å²) < 4.78 is 39.6. The van der Waals surface area contributed by atoms with Gasteiger partial charge in [-0.1, -0.05) is 12.1 Å². The Labute approximate surface area is 273 Å². The number of phenolic OH excluding ortho intramolecular Hbond substituents is 2. The lowest BCUT2D eigenvalue weighted by molar-refractivity contribution is -0.114. The topological polar surface area (TPSA) is 163 Å². The first-order valence-corrected chi connectivity index (χ1v) is 15.6. The minimum Gasteiger partial charge on any atom is -0.504 e. The van der Waals surface area contributed by atoms with Crippen LogP contribution in [0.1, 0.15) is 34.5 Å². The molecule has 0 aromatic heterocycles. The molecule has 0 spiro atoms. The molecule has 5 unspecified atom stereocenters. The van der Waals surface area contributed by atoms with Crippen LogP contribution in [0, 0.1) is 11.8 Å². The summed E-state index contributed by atoms with van der Waals surface area (Å²) in [7, 11) is 0. The number of rotatable bonds is 2. The van der Waals surface area contributed by atoms with E-state index in [1.54, 1.807) is 0 Å². The van der Waals surface area contributed by atoms with Gasteiger partial charge in [-0.25, -0.2) is 0 Å². The summed E-state index contributed by atoms with van der Waals surface area (Å²) in [6.07, 6.45) is 2.94. The Balaban J connectivity index is 0.000000133. The van der Waals surface area contributed by atoms with Crippen LogP contribution >= 0.6 is 0 Å². The van der Waals surface area contributed by atoms with Gasteiger partial charge in [0.15, 0.2) is 40.3 Å². The van der Waals surface area contributed by atoms with Gasteiger partial charge >= 0.3 is 0 Å². The second-order valence-electron chi connectivity index (χ2n) is 12.7. The van der Waals surface area contributed by atoms with Crippen LogP contribution in [0.4, 0.5) is 0 Å². The number of aromatic hydroxyl groups is 2. The number of aliphatic hydroxyl groups excluding tert-OH is 1. The number of benzene rings is 3. The van der Waals surface area contributed by atoms with Gasteiger partial charge in [0.05, 0.1) is 25.4 Å². The number of phenols is 2. The third kappa shape index (κ3) is 4.44. The molecule has 2 aliphatic carbocycles. The minimum absolute atomic E-state index is 0.0218. The van der Waals surface area contributed by atoms with Crippen molar-refractivity contribution in [2.75, 3.05) is 33.4 Å². The minimum atomic E-state index is -1.33. The van der Waals surface area contributed by atoms with Crippen LogP contribution in [-0.2, 0) is 25.4 Å². The number of aliphatic hydroxyl groups is 2. The summed E-state index contributed by atoms with van der Waals surface area (Å²) in [6.45, 7) is 1.81. The summed E-state index contributed by atoms with van der Waals surface area (Å²) in [6, 6.07) is 14.9. The number of allylic oxidation sites excluding steroid dienone is 2. The number of fused-ring (bicyclic) bond motifs is 7. The Bertz CT molecular complexity index is 1910. The normalized spacial score (nSPS) is 28.4. The molecule has 2 saturated heterocycles. The molecule has 7 aliphatic rings. The maximum atomic E-state index is 11.5. The van der Waals surface area contributed by atoms with Gasteiger partial charge in [0.25, 0.3) is 0 Å². The molecule has 10 rings (SSSR count). The van der Waals surface area contributed by atoms with E-state index in [4.69, 9.17) is 33.2 Å². The zero-order valence-corrected chi connectivity index (χ0v) is 25.4. The van der Waals surface area contributed by atoms with Crippen LogP contribution in [0.5, 0.6) is 34.5 Å². The van der Waals surface area contributed by atoms with Crippen molar-refractivity contribution in [2.45, 2.75) is 24.2 Å². The fourth-order valence-electron chi connectivity index (χ4n) is 7.67. The Morgan fingerprint density at radius 3 is 1.90 bits per heavy atom. The van der Waals surface area contributed by atoms with E-state index in [9.17, 15) is 25.2 Å². The summed E-state index contributed by atoms with van der Waals surface area (Å²) in [5.74, 6) is 2.24. The van der Waals surface area contributed by atoms with Crippen molar-refractivity contribution in [1.82, 2.24) is 0 Å². The fourth-order valence-corrected chi connectivity index (χ4v) is 7.67. The van der Waals surface area contributed by atoms with Gasteiger partial charge < -0.3 is 53.6 Å². The van der Waals surface area contributed by atoms with Gasteiger partial charge in [0, 0.05) is 29.4 Å². The second-order valence-corrected chi connectivity index (χ2v) is 12.7. The highest BCUT2D eigenvalue weighted by Gasteiger charge is 2.49. The van der Waals surface area contributed by atoms with Gasteiger partial charge in [0.2, 0.25) is 25.1 Å². The molecule has 3 aromatic rings. The van der Waals surface area contributed by atoms with Gasteiger partial charge in [-0.3, -0.25) is 4.79 Å². The molecule has 5 atom stereocenters. The van der Waals surface area contributed by atoms with E-state index in [0.717, 1.165) is 34.1 Å². The van der Waals surface area contributed by atoms with Gasteiger partial charge in [-0.15, -0.1) is 0 Å². The molecule has 0 amide bonds. The number of hydrogen-bond acceptors (Lipinski definition) is 12. The number of ether oxygens (including phenoxy) is 7. The van der Waals surface area contributed by atoms with E-state index in [-0.39, 0.29) is 56.1 Å². The monoisotopic (exact) mass is 654 g/mol. The molecule has 12 nitrogen and oxygen atoms in total. The summed E-state index contributed by atoms with van der Waals surface area (Å²) >= 11 is 0. The molecule has 246 valence electrons. The Kier molecular flexibility index (Phi) is 6.45. The number of ketones is 1. The summed E-state index contributed by atoms with van der Waals surface area (Å²) in [5.41, 5.74) is 3.04. The van der Waals surface area contributed by atoms with Crippen LogP contribution in [0.3, 0.4) is 0 Å². The highest BCUT2D eigenvalue weighted by atomic mass is 16.7. The van der Waals surface area contributed by atoms with Crippen molar-refractivity contribution >= 4 is 11.4 Å². The zero-order valence-electron chi connectivity index (χ0n) is 25.4. The first-order chi connectivity index (χ1) is 23.3. The SMILES string of the molecule is O=C1C=CC2=C3c4cc(O)c(O)cc4CC3(O)COC2=C1O.c1cc2c(cc1C1OCC3C(c4ccc5c(c4)OCO5)OCC13)OCO2. The maximum absolute atomic E-state index is 11.5. The lowest BCUT2D eigenvalue weighted by Crippen LogP contribution is -2.39.